The van der Waals surface area contributed by atoms with Crippen LogP contribution in [0, 0.1) is 0 Å². The van der Waals surface area contributed by atoms with Crippen molar-refractivity contribution in [3.8, 4) is 0 Å². The summed E-state index contributed by atoms with van der Waals surface area (Å²) < 4.78 is 2.60. The van der Waals surface area contributed by atoms with Gasteiger partial charge in [-0.15, -0.1) is 0 Å². The van der Waals surface area contributed by atoms with Crippen molar-refractivity contribution in [1.82, 2.24) is 9.47 Å². The Balaban J connectivity index is 1.41. The van der Waals surface area contributed by atoms with Gasteiger partial charge in [0.05, 0.1) is 11.6 Å². The number of hydrogen-bond donors (Lipinski definition) is 1. The number of aromatic nitrogens is 1. The van der Waals surface area contributed by atoms with E-state index < -0.39 is 5.60 Å². The first-order valence-electron chi connectivity index (χ1n) is 11.9. The molecule has 6 rings (SSSR count). The van der Waals surface area contributed by atoms with E-state index in [1.54, 1.807) is 11.3 Å². The zero-order chi connectivity index (χ0) is 20.1. The van der Waals surface area contributed by atoms with Crippen molar-refractivity contribution in [2.45, 2.75) is 76.1 Å². The van der Waals surface area contributed by atoms with E-state index in [0.717, 1.165) is 50.9 Å². The maximum absolute atomic E-state index is 11.3. The van der Waals surface area contributed by atoms with E-state index in [2.05, 4.69) is 58.0 Å². The summed E-state index contributed by atoms with van der Waals surface area (Å²) in [5, 5.41) is 12.7. The SMILES string of the molecule is OC1(c2ccc3c(c2)c2c4n3CCN(Cc3ccccc3)[C@H]4CCC2)CCCCC1. The van der Waals surface area contributed by atoms with E-state index in [1.807, 2.05) is 0 Å². The minimum atomic E-state index is -0.616. The Kier molecular flexibility index (Phi) is 4.51. The number of rotatable bonds is 3. The molecule has 156 valence electrons. The summed E-state index contributed by atoms with van der Waals surface area (Å²) in [7, 11) is 0. The first-order chi connectivity index (χ1) is 14.7. The molecule has 3 aliphatic rings. The predicted octanol–water partition coefficient (Wildman–Crippen LogP) is 5.69. The standard InChI is InChI=1S/C27H32N2O/c30-27(14-5-2-6-15-27)21-12-13-24-23(18-21)22-10-7-11-25-26(22)29(24)17-16-28(25)19-20-8-3-1-4-9-20/h1,3-4,8-9,12-13,18,25,30H,2,5-7,10-11,14-17,19H2/t25-/m0/s1. The summed E-state index contributed by atoms with van der Waals surface area (Å²) in [6.07, 6.45) is 9.06. The minimum absolute atomic E-state index is 0.524. The molecule has 0 saturated heterocycles. The molecule has 0 unspecified atom stereocenters. The first-order valence-corrected chi connectivity index (χ1v) is 11.9. The molecule has 3 aromatic rings. The van der Waals surface area contributed by atoms with Crippen LogP contribution >= 0.6 is 0 Å². The molecule has 1 atom stereocenters. The van der Waals surface area contributed by atoms with Gasteiger partial charge in [-0.1, -0.05) is 55.7 Å². The molecule has 2 aromatic carbocycles. The normalized spacial score (nSPS) is 23.4. The molecule has 3 heteroatoms. The highest BCUT2D eigenvalue weighted by Gasteiger charge is 2.36. The van der Waals surface area contributed by atoms with Crippen LogP contribution in [-0.4, -0.2) is 21.1 Å². The summed E-state index contributed by atoms with van der Waals surface area (Å²) in [5.41, 5.74) is 6.45. The Morgan fingerprint density at radius 2 is 1.77 bits per heavy atom. The first kappa shape index (κ1) is 18.7. The van der Waals surface area contributed by atoms with Crippen molar-refractivity contribution in [2.75, 3.05) is 6.54 Å². The fourth-order valence-electron chi connectivity index (χ4n) is 6.40. The Morgan fingerprint density at radius 1 is 0.933 bits per heavy atom. The van der Waals surface area contributed by atoms with Gasteiger partial charge in [-0.05, 0) is 60.9 Å². The molecule has 0 radical (unpaired) electrons. The molecule has 3 nitrogen and oxygen atoms in total. The lowest BCUT2D eigenvalue weighted by Crippen LogP contribution is -2.39. The summed E-state index contributed by atoms with van der Waals surface area (Å²) >= 11 is 0. The van der Waals surface area contributed by atoms with Crippen LogP contribution in [-0.2, 0) is 25.1 Å². The summed E-state index contributed by atoms with van der Waals surface area (Å²) in [6.45, 7) is 3.22. The van der Waals surface area contributed by atoms with Gasteiger partial charge in [0, 0.05) is 36.2 Å². The Morgan fingerprint density at radius 3 is 2.60 bits per heavy atom. The van der Waals surface area contributed by atoms with E-state index in [9.17, 15) is 5.11 Å². The van der Waals surface area contributed by atoms with Crippen LogP contribution in [0.2, 0.25) is 0 Å². The predicted molar refractivity (Wildman–Crippen MR) is 121 cm³/mol. The maximum atomic E-state index is 11.3. The topological polar surface area (TPSA) is 28.4 Å². The monoisotopic (exact) mass is 400 g/mol. The average Bonchev–Trinajstić information content (AvgIpc) is 3.12. The van der Waals surface area contributed by atoms with E-state index in [0.29, 0.717) is 6.04 Å². The molecule has 2 heterocycles. The third-order valence-electron chi connectivity index (χ3n) is 7.93. The molecular formula is C27H32N2O. The molecule has 1 fully saturated rings. The summed E-state index contributed by atoms with van der Waals surface area (Å²) in [5.74, 6) is 0. The van der Waals surface area contributed by atoms with Crippen molar-refractivity contribution in [3.63, 3.8) is 0 Å². The third kappa shape index (κ3) is 2.94. The highest BCUT2D eigenvalue weighted by atomic mass is 16.3. The highest BCUT2D eigenvalue weighted by Crippen LogP contribution is 2.45. The van der Waals surface area contributed by atoms with Gasteiger partial charge in [-0.3, -0.25) is 4.90 Å². The van der Waals surface area contributed by atoms with Crippen molar-refractivity contribution in [2.24, 2.45) is 0 Å². The minimum Gasteiger partial charge on any atom is -0.385 e. The molecular weight excluding hydrogens is 368 g/mol. The molecule has 2 aliphatic carbocycles. The Hall–Kier alpha value is -2.10. The zero-order valence-corrected chi connectivity index (χ0v) is 17.8. The number of aliphatic hydroxyl groups is 1. The Labute approximate surface area is 179 Å². The van der Waals surface area contributed by atoms with Crippen molar-refractivity contribution < 1.29 is 5.11 Å². The second-order valence-corrected chi connectivity index (χ2v) is 9.70. The number of aryl methyl sites for hydroxylation is 1. The van der Waals surface area contributed by atoms with Crippen LogP contribution in [0.3, 0.4) is 0 Å². The third-order valence-corrected chi connectivity index (χ3v) is 7.93. The van der Waals surface area contributed by atoms with Crippen LogP contribution in [0.25, 0.3) is 10.9 Å². The molecule has 0 spiro atoms. The van der Waals surface area contributed by atoms with Crippen LogP contribution in [0.1, 0.15) is 73.4 Å². The molecule has 1 N–H and O–H groups in total. The van der Waals surface area contributed by atoms with Gasteiger partial charge in [0.15, 0.2) is 0 Å². The van der Waals surface area contributed by atoms with Gasteiger partial charge < -0.3 is 9.67 Å². The van der Waals surface area contributed by atoms with E-state index in [4.69, 9.17) is 0 Å². The van der Waals surface area contributed by atoms with Gasteiger partial charge >= 0.3 is 0 Å². The van der Waals surface area contributed by atoms with Gasteiger partial charge in [-0.25, -0.2) is 0 Å². The van der Waals surface area contributed by atoms with Gasteiger partial charge in [-0.2, -0.15) is 0 Å². The van der Waals surface area contributed by atoms with Gasteiger partial charge in [0.2, 0.25) is 0 Å². The van der Waals surface area contributed by atoms with Crippen LogP contribution < -0.4 is 0 Å². The molecule has 1 aliphatic heterocycles. The lowest BCUT2D eigenvalue weighted by atomic mass is 9.79. The quantitative estimate of drug-likeness (QED) is 0.612. The van der Waals surface area contributed by atoms with E-state index >= 15 is 0 Å². The van der Waals surface area contributed by atoms with Crippen molar-refractivity contribution in [1.29, 1.82) is 0 Å². The van der Waals surface area contributed by atoms with Crippen LogP contribution in [0.5, 0.6) is 0 Å². The molecule has 1 aromatic heterocycles. The number of benzene rings is 2. The summed E-state index contributed by atoms with van der Waals surface area (Å²) in [4.78, 5) is 2.70. The Bertz CT molecular complexity index is 1060. The number of hydrogen-bond acceptors (Lipinski definition) is 2. The largest absolute Gasteiger partial charge is 0.385 e. The number of nitrogens with zero attached hydrogens (tertiary/aromatic N) is 2. The molecule has 0 bridgehead atoms. The fraction of sp³-hybridized carbons (Fsp3) is 0.481. The highest BCUT2D eigenvalue weighted by molar-refractivity contribution is 5.87. The fourth-order valence-corrected chi connectivity index (χ4v) is 6.40. The molecule has 0 amide bonds. The maximum Gasteiger partial charge on any atom is 0.0896 e. The van der Waals surface area contributed by atoms with Crippen molar-refractivity contribution in [3.05, 3.63) is 70.9 Å². The average molecular weight is 401 g/mol. The van der Waals surface area contributed by atoms with Crippen LogP contribution in [0.15, 0.2) is 48.5 Å². The molecule has 1 saturated carbocycles. The van der Waals surface area contributed by atoms with Gasteiger partial charge in [0.25, 0.3) is 0 Å². The number of fused-ring (bicyclic) bond motifs is 3. The van der Waals surface area contributed by atoms with Crippen molar-refractivity contribution >= 4 is 10.9 Å². The second kappa shape index (κ2) is 7.25. The zero-order valence-electron chi connectivity index (χ0n) is 17.8. The summed E-state index contributed by atoms with van der Waals surface area (Å²) in [6, 6.07) is 18.3. The van der Waals surface area contributed by atoms with E-state index in [-0.39, 0.29) is 0 Å². The lowest BCUT2D eigenvalue weighted by molar-refractivity contribution is -0.000511. The molecule has 30 heavy (non-hydrogen) atoms. The van der Waals surface area contributed by atoms with Crippen LogP contribution in [0.4, 0.5) is 0 Å². The van der Waals surface area contributed by atoms with E-state index in [1.165, 1.54) is 42.1 Å². The second-order valence-electron chi connectivity index (χ2n) is 9.70. The smallest absolute Gasteiger partial charge is 0.0896 e. The lowest BCUT2D eigenvalue weighted by Gasteiger charge is -2.40. The van der Waals surface area contributed by atoms with Gasteiger partial charge in [0.1, 0.15) is 0 Å².